The average Bonchev–Trinajstić information content (AvgIpc) is 2.44. The van der Waals surface area contributed by atoms with E-state index in [1.807, 2.05) is 24.0 Å². The van der Waals surface area contributed by atoms with E-state index >= 15 is 0 Å². The summed E-state index contributed by atoms with van der Waals surface area (Å²) in [5.41, 5.74) is 0.573. The lowest BCUT2D eigenvalue weighted by Gasteiger charge is -2.34. The van der Waals surface area contributed by atoms with Crippen molar-refractivity contribution >= 4 is 33.4 Å². The van der Waals surface area contributed by atoms with Crippen molar-refractivity contribution in [3.05, 3.63) is 33.3 Å². The summed E-state index contributed by atoms with van der Waals surface area (Å²) in [6, 6.07) is 5.74. The highest BCUT2D eigenvalue weighted by molar-refractivity contribution is 9.10. The van der Waals surface area contributed by atoms with Gasteiger partial charge in [0.15, 0.2) is 0 Å². The molecule has 1 aromatic rings. The Kier molecular flexibility index (Phi) is 5.25. The summed E-state index contributed by atoms with van der Waals surface area (Å²) in [7, 11) is 0. The van der Waals surface area contributed by atoms with Gasteiger partial charge in [-0.15, -0.1) is 0 Å². The highest BCUT2D eigenvalue weighted by Crippen LogP contribution is 2.27. The van der Waals surface area contributed by atoms with Gasteiger partial charge in [0.25, 0.3) is 5.91 Å². The van der Waals surface area contributed by atoms with Crippen LogP contribution in [-0.4, -0.2) is 36.5 Å². The third-order valence-corrected chi connectivity index (χ3v) is 4.79. The molecule has 1 heterocycles. The van der Waals surface area contributed by atoms with Gasteiger partial charge in [0.1, 0.15) is 0 Å². The minimum Gasteiger partial charge on any atom is -0.335 e. The van der Waals surface area contributed by atoms with Crippen molar-refractivity contribution in [3.8, 4) is 0 Å². The molecule has 0 aliphatic carbocycles. The predicted molar refractivity (Wildman–Crippen MR) is 81.8 cm³/mol. The number of likely N-dealkylation sites (N-methyl/N-ethyl adjacent to an activating group) is 1. The van der Waals surface area contributed by atoms with Gasteiger partial charge in [0.05, 0.1) is 10.6 Å². The summed E-state index contributed by atoms with van der Waals surface area (Å²) in [5, 5.41) is 3.84. The Hall–Kier alpha value is -0.580. The number of carbonyl (C=O) groups is 1. The second-order valence-electron chi connectivity index (χ2n) is 4.69. The topological polar surface area (TPSA) is 32.3 Å². The number of hydrogen-bond acceptors (Lipinski definition) is 2. The molecule has 19 heavy (non-hydrogen) atoms. The van der Waals surface area contributed by atoms with Crippen LogP contribution in [0.1, 0.15) is 30.1 Å². The fourth-order valence-corrected chi connectivity index (χ4v) is 3.06. The number of rotatable bonds is 3. The zero-order valence-electron chi connectivity index (χ0n) is 11.0. The molecule has 0 spiro atoms. The smallest absolute Gasteiger partial charge is 0.255 e. The number of carbonyl (C=O) groups excluding carboxylic acids is 1. The van der Waals surface area contributed by atoms with Gasteiger partial charge in [-0.05, 0) is 54.4 Å². The molecule has 5 heteroatoms. The van der Waals surface area contributed by atoms with Crippen LogP contribution in [0.3, 0.4) is 0 Å². The third-order valence-electron chi connectivity index (χ3n) is 3.50. The molecule has 1 amide bonds. The summed E-state index contributed by atoms with van der Waals surface area (Å²) in [6.07, 6.45) is 2.17. The molecule has 1 aliphatic heterocycles. The zero-order valence-corrected chi connectivity index (χ0v) is 13.3. The molecule has 1 aliphatic rings. The standard InChI is InChI=1S/C14H18BrClN2O/c1-2-18(10-5-4-8-17-9-10)14(19)11-6-3-7-12(15)13(11)16/h3,6-7,10,17H,2,4-5,8-9H2,1H3. The molecule has 2 rings (SSSR count). The van der Waals surface area contributed by atoms with Gasteiger partial charge in [-0.3, -0.25) is 4.79 Å². The number of hydrogen-bond donors (Lipinski definition) is 1. The lowest BCUT2D eigenvalue weighted by atomic mass is 10.0. The van der Waals surface area contributed by atoms with Crippen LogP contribution in [0.4, 0.5) is 0 Å². The Labute approximate surface area is 127 Å². The number of benzene rings is 1. The van der Waals surface area contributed by atoms with Crippen molar-refractivity contribution in [2.45, 2.75) is 25.8 Å². The number of piperidine rings is 1. The van der Waals surface area contributed by atoms with E-state index in [0.29, 0.717) is 17.1 Å². The van der Waals surface area contributed by atoms with Crippen LogP contribution in [-0.2, 0) is 0 Å². The number of amides is 1. The zero-order chi connectivity index (χ0) is 13.8. The van der Waals surface area contributed by atoms with Gasteiger partial charge >= 0.3 is 0 Å². The maximum atomic E-state index is 12.6. The van der Waals surface area contributed by atoms with Gasteiger partial charge < -0.3 is 10.2 Å². The van der Waals surface area contributed by atoms with Crippen LogP contribution >= 0.6 is 27.5 Å². The normalized spacial score (nSPS) is 19.2. The summed E-state index contributed by atoms with van der Waals surface area (Å²) < 4.78 is 0.762. The molecule has 3 nitrogen and oxygen atoms in total. The Morgan fingerprint density at radius 3 is 3.00 bits per heavy atom. The maximum absolute atomic E-state index is 12.6. The van der Waals surface area contributed by atoms with Gasteiger partial charge in [0, 0.05) is 23.6 Å². The summed E-state index contributed by atoms with van der Waals surface area (Å²) in [5.74, 6) is 0.0162. The lowest BCUT2D eigenvalue weighted by Crippen LogP contribution is -2.48. The average molecular weight is 346 g/mol. The van der Waals surface area contributed by atoms with Crippen LogP contribution < -0.4 is 5.32 Å². The van der Waals surface area contributed by atoms with Crippen molar-refractivity contribution < 1.29 is 4.79 Å². The molecule has 0 saturated carbocycles. The van der Waals surface area contributed by atoms with E-state index in [1.165, 1.54) is 0 Å². The first-order valence-electron chi connectivity index (χ1n) is 6.60. The Bertz CT molecular complexity index is 461. The van der Waals surface area contributed by atoms with E-state index in [4.69, 9.17) is 11.6 Å². The van der Waals surface area contributed by atoms with Gasteiger partial charge in [-0.1, -0.05) is 17.7 Å². The molecule has 1 unspecified atom stereocenters. The van der Waals surface area contributed by atoms with Crippen LogP contribution in [0.15, 0.2) is 22.7 Å². The van der Waals surface area contributed by atoms with Gasteiger partial charge in [-0.25, -0.2) is 0 Å². The second-order valence-corrected chi connectivity index (χ2v) is 5.93. The molecular formula is C14H18BrClN2O. The summed E-state index contributed by atoms with van der Waals surface area (Å²) in [6.45, 7) is 4.62. The first-order chi connectivity index (χ1) is 9.15. The van der Waals surface area contributed by atoms with Crippen LogP contribution in [0.2, 0.25) is 5.02 Å². The minimum absolute atomic E-state index is 0.0162. The predicted octanol–water partition coefficient (Wildman–Crippen LogP) is 3.32. The Morgan fingerprint density at radius 2 is 2.37 bits per heavy atom. The van der Waals surface area contributed by atoms with Crippen molar-refractivity contribution in [3.63, 3.8) is 0 Å². The summed E-state index contributed by atoms with van der Waals surface area (Å²) in [4.78, 5) is 14.6. The molecule has 1 aromatic carbocycles. The molecule has 1 saturated heterocycles. The fourth-order valence-electron chi connectivity index (χ4n) is 2.49. The van der Waals surface area contributed by atoms with Crippen molar-refractivity contribution in [2.24, 2.45) is 0 Å². The molecule has 1 fully saturated rings. The minimum atomic E-state index is 0.0162. The number of halogens is 2. The Morgan fingerprint density at radius 1 is 1.58 bits per heavy atom. The maximum Gasteiger partial charge on any atom is 0.255 e. The largest absolute Gasteiger partial charge is 0.335 e. The summed E-state index contributed by atoms with van der Waals surface area (Å²) >= 11 is 9.58. The van der Waals surface area contributed by atoms with Crippen molar-refractivity contribution in [1.82, 2.24) is 10.2 Å². The quantitative estimate of drug-likeness (QED) is 0.911. The SMILES string of the molecule is CCN(C(=O)c1cccc(Br)c1Cl)C1CCCNC1. The van der Waals surface area contributed by atoms with E-state index < -0.39 is 0 Å². The van der Waals surface area contributed by atoms with Gasteiger partial charge in [-0.2, -0.15) is 0 Å². The van der Waals surface area contributed by atoms with Crippen molar-refractivity contribution in [2.75, 3.05) is 19.6 Å². The van der Waals surface area contributed by atoms with Crippen LogP contribution in [0.5, 0.6) is 0 Å². The van der Waals surface area contributed by atoms with E-state index in [0.717, 1.165) is 30.4 Å². The highest BCUT2D eigenvalue weighted by atomic mass is 79.9. The molecule has 0 aromatic heterocycles. The highest BCUT2D eigenvalue weighted by Gasteiger charge is 2.26. The van der Waals surface area contributed by atoms with Crippen molar-refractivity contribution in [1.29, 1.82) is 0 Å². The second kappa shape index (κ2) is 6.73. The molecule has 1 N–H and O–H groups in total. The van der Waals surface area contributed by atoms with Crippen LogP contribution in [0, 0.1) is 0 Å². The lowest BCUT2D eigenvalue weighted by molar-refractivity contribution is 0.0662. The third kappa shape index (κ3) is 3.30. The van der Waals surface area contributed by atoms with Gasteiger partial charge in [0.2, 0.25) is 0 Å². The Balaban J connectivity index is 2.22. The molecular weight excluding hydrogens is 328 g/mol. The first kappa shape index (κ1) is 14.8. The van der Waals surface area contributed by atoms with E-state index in [1.54, 1.807) is 6.07 Å². The number of nitrogens with zero attached hydrogens (tertiary/aromatic N) is 1. The van der Waals surface area contributed by atoms with Crippen LogP contribution in [0.25, 0.3) is 0 Å². The molecule has 0 radical (unpaired) electrons. The molecule has 104 valence electrons. The fraction of sp³-hybridized carbons (Fsp3) is 0.500. The monoisotopic (exact) mass is 344 g/mol. The first-order valence-corrected chi connectivity index (χ1v) is 7.78. The van der Waals surface area contributed by atoms with E-state index in [9.17, 15) is 4.79 Å². The molecule has 1 atom stereocenters. The number of nitrogens with one attached hydrogen (secondary N) is 1. The van der Waals surface area contributed by atoms with E-state index in [-0.39, 0.29) is 11.9 Å². The van der Waals surface area contributed by atoms with E-state index in [2.05, 4.69) is 21.2 Å². The molecule has 0 bridgehead atoms.